The first-order chi connectivity index (χ1) is 9.56. The predicted octanol–water partition coefficient (Wildman–Crippen LogP) is 4.21. The first-order valence-corrected chi connectivity index (χ1v) is 7.21. The number of nitrogens with one attached hydrogen (secondary N) is 1. The molecule has 2 rings (SSSR count). The molecule has 2 nitrogen and oxygen atoms in total. The van der Waals surface area contributed by atoms with Crippen LogP contribution in [0.1, 0.15) is 15.9 Å². The molecule has 0 aromatic heterocycles. The number of hydrogen-bond acceptors (Lipinski definition) is 1. The predicted molar refractivity (Wildman–Crippen MR) is 81.6 cm³/mol. The molecule has 20 heavy (non-hydrogen) atoms. The minimum Gasteiger partial charge on any atom is -0.352 e. The summed E-state index contributed by atoms with van der Waals surface area (Å²) in [6, 6.07) is 11.8. The maximum Gasteiger partial charge on any atom is 0.254 e. The van der Waals surface area contributed by atoms with E-state index in [-0.39, 0.29) is 5.56 Å². The SMILES string of the molecule is O=C(NCCc1cccc(Cl)c1)c1ccc(Br)cc1F. The van der Waals surface area contributed by atoms with Crippen molar-refractivity contribution in [3.05, 3.63) is 68.9 Å². The number of carbonyl (C=O) groups excluding carboxylic acids is 1. The molecular weight excluding hydrogens is 345 g/mol. The number of halogens is 3. The van der Waals surface area contributed by atoms with Crippen LogP contribution in [-0.4, -0.2) is 12.5 Å². The quantitative estimate of drug-likeness (QED) is 0.873. The van der Waals surface area contributed by atoms with Crippen molar-refractivity contribution in [3.63, 3.8) is 0 Å². The molecule has 2 aromatic rings. The molecule has 5 heteroatoms. The molecule has 1 amide bonds. The normalized spacial score (nSPS) is 10.3. The maximum atomic E-state index is 13.6. The summed E-state index contributed by atoms with van der Waals surface area (Å²) < 4.78 is 14.2. The summed E-state index contributed by atoms with van der Waals surface area (Å²) in [5.41, 5.74) is 1.06. The third kappa shape index (κ3) is 4.05. The van der Waals surface area contributed by atoms with Crippen LogP contribution in [0.3, 0.4) is 0 Å². The first-order valence-electron chi connectivity index (χ1n) is 6.04. The molecule has 104 valence electrons. The van der Waals surface area contributed by atoms with Crippen molar-refractivity contribution in [2.24, 2.45) is 0 Å². The van der Waals surface area contributed by atoms with Gasteiger partial charge in [0.1, 0.15) is 5.82 Å². The highest BCUT2D eigenvalue weighted by atomic mass is 79.9. The van der Waals surface area contributed by atoms with Gasteiger partial charge in [-0.2, -0.15) is 0 Å². The summed E-state index contributed by atoms with van der Waals surface area (Å²) in [7, 11) is 0. The fourth-order valence-corrected chi connectivity index (χ4v) is 2.33. The van der Waals surface area contributed by atoms with Crippen LogP contribution in [0, 0.1) is 5.82 Å². The number of hydrogen-bond donors (Lipinski definition) is 1. The van der Waals surface area contributed by atoms with Crippen LogP contribution in [0.15, 0.2) is 46.9 Å². The van der Waals surface area contributed by atoms with Gasteiger partial charge in [0, 0.05) is 16.0 Å². The Morgan fingerprint density at radius 2 is 2.05 bits per heavy atom. The van der Waals surface area contributed by atoms with Crippen molar-refractivity contribution in [1.82, 2.24) is 5.32 Å². The highest BCUT2D eigenvalue weighted by molar-refractivity contribution is 9.10. The van der Waals surface area contributed by atoms with Gasteiger partial charge in [-0.15, -0.1) is 0 Å². The molecule has 0 saturated heterocycles. The highest BCUT2D eigenvalue weighted by Crippen LogP contribution is 2.15. The van der Waals surface area contributed by atoms with Gasteiger partial charge < -0.3 is 5.32 Å². The van der Waals surface area contributed by atoms with Crippen LogP contribution in [0.2, 0.25) is 5.02 Å². The Kier molecular flexibility index (Phi) is 5.15. The number of carbonyl (C=O) groups is 1. The van der Waals surface area contributed by atoms with Gasteiger partial charge in [-0.05, 0) is 42.3 Å². The lowest BCUT2D eigenvalue weighted by Crippen LogP contribution is -2.26. The molecular formula is C15H12BrClFNO. The molecule has 0 bridgehead atoms. The number of rotatable bonds is 4. The summed E-state index contributed by atoms with van der Waals surface area (Å²) in [6.07, 6.45) is 0.643. The van der Waals surface area contributed by atoms with Crippen molar-refractivity contribution in [3.8, 4) is 0 Å². The lowest BCUT2D eigenvalue weighted by molar-refractivity contribution is 0.0950. The molecule has 0 spiro atoms. The Bertz CT molecular complexity index is 633. The van der Waals surface area contributed by atoms with E-state index in [2.05, 4.69) is 21.2 Å². The van der Waals surface area contributed by atoms with Crippen LogP contribution < -0.4 is 5.32 Å². The van der Waals surface area contributed by atoms with E-state index in [0.29, 0.717) is 22.5 Å². The Morgan fingerprint density at radius 3 is 2.75 bits per heavy atom. The smallest absolute Gasteiger partial charge is 0.254 e. The summed E-state index contributed by atoms with van der Waals surface area (Å²) in [5, 5.41) is 3.35. The van der Waals surface area contributed by atoms with Crippen molar-refractivity contribution in [2.75, 3.05) is 6.54 Å². The van der Waals surface area contributed by atoms with Gasteiger partial charge >= 0.3 is 0 Å². The van der Waals surface area contributed by atoms with E-state index in [9.17, 15) is 9.18 Å². The van der Waals surface area contributed by atoms with E-state index in [1.165, 1.54) is 12.1 Å². The van der Waals surface area contributed by atoms with Gasteiger partial charge in [-0.25, -0.2) is 4.39 Å². The van der Waals surface area contributed by atoms with E-state index in [1.54, 1.807) is 12.1 Å². The molecule has 0 heterocycles. The second-order valence-electron chi connectivity index (χ2n) is 4.26. The van der Waals surface area contributed by atoms with Gasteiger partial charge in [0.05, 0.1) is 5.56 Å². The van der Waals surface area contributed by atoms with Crippen LogP contribution in [0.5, 0.6) is 0 Å². The fraction of sp³-hybridized carbons (Fsp3) is 0.133. The van der Waals surface area contributed by atoms with Crippen LogP contribution >= 0.6 is 27.5 Å². The zero-order valence-electron chi connectivity index (χ0n) is 10.5. The average Bonchev–Trinajstić information content (AvgIpc) is 2.38. The van der Waals surface area contributed by atoms with Crippen molar-refractivity contribution < 1.29 is 9.18 Å². The molecule has 2 aromatic carbocycles. The Morgan fingerprint density at radius 1 is 1.25 bits per heavy atom. The van der Waals surface area contributed by atoms with E-state index in [1.807, 2.05) is 18.2 Å². The minimum absolute atomic E-state index is 0.0410. The second-order valence-corrected chi connectivity index (χ2v) is 5.61. The van der Waals surface area contributed by atoms with E-state index in [0.717, 1.165) is 5.56 Å². The molecule has 1 N–H and O–H groups in total. The largest absolute Gasteiger partial charge is 0.352 e. The van der Waals surface area contributed by atoms with Crippen LogP contribution in [0.25, 0.3) is 0 Å². The number of amides is 1. The molecule has 0 radical (unpaired) electrons. The average molecular weight is 357 g/mol. The molecule has 0 aliphatic heterocycles. The summed E-state index contributed by atoms with van der Waals surface area (Å²) >= 11 is 9.03. The zero-order chi connectivity index (χ0) is 14.5. The Labute approximate surface area is 130 Å². The van der Waals surface area contributed by atoms with Crippen molar-refractivity contribution in [2.45, 2.75) is 6.42 Å². The fourth-order valence-electron chi connectivity index (χ4n) is 1.78. The topological polar surface area (TPSA) is 29.1 Å². The lowest BCUT2D eigenvalue weighted by Gasteiger charge is -2.07. The van der Waals surface area contributed by atoms with Gasteiger partial charge in [-0.1, -0.05) is 39.7 Å². The summed E-state index contributed by atoms with van der Waals surface area (Å²) in [5.74, 6) is -0.961. The van der Waals surface area contributed by atoms with E-state index >= 15 is 0 Å². The minimum atomic E-state index is -0.542. The molecule has 0 aliphatic carbocycles. The number of benzene rings is 2. The van der Waals surface area contributed by atoms with Crippen molar-refractivity contribution >= 4 is 33.4 Å². The standard InChI is InChI=1S/C15H12BrClFNO/c16-11-4-5-13(14(18)9-11)15(20)19-7-6-10-2-1-3-12(17)8-10/h1-5,8-9H,6-7H2,(H,19,20). The van der Waals surface area contributed by atoms with Gasteiger partial charge in [0.15, 0.2) is 0 Å². The maximum absolute atomic E-state index is 13.6. The van der Waals surface area contributed by atoms with Crippen molar-refractivity contribution in [1.29, 1.82) is 0 Å². The van der Waals surface area contributed by atoms with E-state index in [4.69, 9.17) is 11.6 Å². The summed E-state index contributed by atoms with van der Waals surface area (Å²) in [6.45, 7) is 0.425. The third-order valence-electron chi connectivity index (χ3n) is 2.76. The molecule has 0 unspecified atom stereocenters. The molecule has 0 atom stereocenters. The lowest BCUT2D eigenvalue weighted by atomic mass is 10.1. The van der Waals surface area contributed by atoms with Crippen LogP contribution in [-0.2, 0) is 6.42 Å². The van der Waals surface area contributed by atoms with Gasteiger partial charge in [0.25, 0.3) is 5.91 Å². The summed E-state index contributed by atoms with van der Waals surface area (Å²) in [4.78, 5) is 11.8. The zero-order valence-corrected chi connectivity index (χ0v) is 12.8. The third-order valence-corrected chi connectivity index (χ3v) is 3.49. The molecule has 0 aliphatic rings. The van der Waals surface area contributed by atoms with Gasteiger partial charge in [-0.3, -0.25) is 4.79 Å². The van der Waals surface area contributed by atoms with Gasteiger partial charge in [0.2, 0.25) is 0 Å². The Hall–Kier alpha value is -1.39. The molecule has 0 saturated carbocycles. The monoisotopic (exact) mass is 355 g/mol. The first kappa shape index (κ1) is 15.0. The molecule has 0 fully saturated rings. The Balaban J connectivity index is 1.92. The van der Waals surface area contributed by atoms with E-state index < -0.39 is 11.7 Å². The second kappa shape index (κ2) is 6.86. The highest BCUT2D eigenvalue weighted by Gasteiger charge is 2.11. The van der Waals surface area contributed by atoms with Crippen LogP contribution in [0.4, 0.5) is 4.39 Å².